The molecule has 7 nitrogen and oxygen atoms in total. The zero-order chi connectivity index (χ0) is 24.7. The Morgan fingerprint density at radius 3 is 2.18 bits per heavy atom. The van der Waals surface area contributed by atoms with Crippen LogP contribution in [0.25, 0.3) is 11.1 Å². The van der Waals surface area contributed by atoms with Gasteiger partial charge in [-0.15, -0.1) is 0 Å². The third kappa shape index (κ3) is 6.16. The van der Waals surface area contributed by atoms with Crippen molar-refractivity contribution >= 4 is 18.0 Å². The number of hydrogen-bond acceptors (Lipinski definition) is 4. The van der Waals surface area contributed by atoms with Gasteiger partial charge in [0, 0.05) is 18.5 Å². The maximum Gasteiger partial charge on any atom is 0.407 e. The number of carboxylic acids is 1. The van der Waals surface area contributed by atoms with E-state index in [1.807, 2.05) is 31.2 Å². The average Bonchev–Trinajstić information content (AvgIpc) is 3.13. The van der Waals surface area contributed by atoms with E-state index in [-0.39, 0.29) is 31.4 Å². The molecule has 0 saturated carbocycles. The number of amides is 2. The second-order valence-corrected chi connectivity index (χ2v) is 9.47. The van der Waals surface area contributed by atoms with Gasteiger partial charge in [-0.3, -0.25) is 9.59 Å². The van der Waals surface area contributed by atoms with Crippen molar-refractivity contribution in [2.75, 3.05) is 13.2 Å². The Hall–Kier alpha value is -3.35. The topological polar surface area (TPSA) is 105 Å². The summed E-state index contributed by atoms with van der Waals surface area (Å²) >= 11 is 0. The number of carbonyl (C=O) groups excluding carboxylic acids is 2. The Labute approximate surface area is 200 Å². The molecule has 0 fully saturated rings. The van der Waals surface area contributed by atoms with E-state index in [2.05, 4.69) is 34.9 Å². The van der Waals surface area contributed by atoms with Gasteiger partial charge in [0.25, 0.3) is 0 Å². The maximum absolute atomic E-state index is 12.8. The van der Waals surface area contributed by atoms with E-state index < -0.39 is 23.5 Å². The number of rotatable bonds is 11. The summed E-state index contributed by atoms with van der Waals surface area (Å²) < 4.78 is 5.54. The Kier molecular flexibility index (Phi) is 8.31. The molecular formula is C27H34N2O5. The second kappa shape index (κ2) is 11.2. The summed E-state index contributed by atoms with van der Waals surface area (Å²) in [6, 6.07) is 15.8. The summed E-state index contributed by atoms with van der Waals surface area (Å²) in [6.07, 6.45) is 1.64. The van der Waals surface area contributed by atoms with Crippen LogP contribution in [0.4, 0.5) is 4.79 Å². The summed E-state index contributed by atoms with van der Waals surface area (Å²) in [5.74, 6) is -1.28. The molecule has 0 heterocycles. The average molecular weight is 467 g/mol. The van der Waals surface area contributed by atoms with Crippen LogP contribution in [0.2, 0.25) is 0 Å². The Morgan fingerprint density at radius 2 is 1.62 bits per heavy atom. The predicted octanol–water partition coefficient (Wildman–Crippen LogP) is 4.70. The van der Waals surface area contributed by atoms with Crippen LogP contribution >= 0.6 is 0 Å². The minimum atomic E-state index is -0.948. The highest BCUT2D eigenvalue weighted by Crippen LogP contribution is 2.44. The molecule has 2 aromatic rings. The lowest BCUT2D eigenvalue weighted by Gasteiger charge is -2.27. The summed E-state index contributed by atoms with van der Waals surface area (Å²) in [6.45, 7) is 5.71. The van der Waals surface area contributed by atoms with Crippen LogP contribution in [-0.2, 0) is 14.3 Å². The first-order chi connectivity index (χ1) is 16.2. The van der Waals surface area contributed by atoms with Gasteiger partial charge in [0.2, 0.25) is 5.91 Å². The summed E-state index contributed by atoms with van der Waals surface area (Å²) in [5, 5.41) is 14.7. The molecule has 0 bridgehead atoms. The molecule has 3 N–H and O–H groups in total. The number of fused-ring (bicyclic) bond motifs is 3. The van der Waals surface area contributed by atoms with Crippen molar-refractivity contribution < 1.29 is 24.2 Å². The fourth-order valence-electron chi connectivity index (χ4n) is 4.29. The van der Waals surface area contributed by atoms with E-state index in [0.717, 1.165) is 35.1 Å². The van der Waals surface area contributed by atoms with Crippen LogP contribution in [0.15, 0.2) is 48.5 Å². The van der Waals surface area contributed by atoms with Gasteiger partial charge in [-0.2, -0.15) is 0 Å². The molecule has 1 unspecified atom stereocenters. The molecule has 0 saturated heterocycles. The summed E-state index contributed by atoms with van der Waals surface area (Å²) in [5.41, 5.74) is 3.66. The third-order valence-corrected chi connectivity index (χ3v) is 6.30. The number of aliphatic carboxylic acids is 1. The molecule has 34 heavy (non-hydrogen) atoms. The number of hydrogen-bond donors (Lipinski definition) is 3. The number of alkyl carbamates (subject to hydrolysis) is 1. The molecule has 1 aliphatic rings. The van der Waals surface area contributed by atoms with E-state index in [4.69, 9.17) is 9.84 Å². The van der Waals surface area contributed by atoms with Crippen molar-refractivity contribution in [1.29, 1.82) is 0 Å². The molecule has 182 valence electrons. The fourth-order valence-corrected chi connectivity index (χ4v) is 4.29. The van der Waals surface area contributed by atoms with Gasteiger partial charge >= 0.3 is 12.1 Å². The van der Waals surface area contributed by atoms with Gasteiger partial charge in [0.15, 0.2) is 0 Å². The first kappa shape index (κ1) is 25.3. The lowest BCUT2D eigenvalue weighted by Crippen LogP contribution is -2.48. The van der Waals surface area contributed by atoms with Gasteiger partial charge < -0.3 is 20.5 Å². The summed E-state index contributed by atoms with van der Waals surface area (Å²) in [7, 11) is 0. The Balaban J connectivity index is 1.54. The van der Waals surface area contributed by atoms with Crippen LogP contribution in [0.5, 0.6) is 0 Å². The van der Waals surface area contributed by atoms with Crippen LogP contribution in [0.1, 0.15) is 63.5 Å². The molecule has 0 aliphatic heterocycles. The third-order valence-electron chi connectivity index (χ3n) is 6.30. The van der Waals surface area contributed by atoms with E-state index >= 15 is 0 Å². The first-order valence-electron chi connectivity index (χ1n) is 11.8. The van der Waals surface area contributed by atoms with Crippen molar-refractivity contribution in [2.45, 2.75) is 58.4 Å². The maximum atomic E-state index is 12.8. The molecule has 1 atom stereocenters. The second-order valence-electron chi connectivity index (χ2n) is 9.47. The van der Waals surface area contributed by atoms with E-state index in [9.17, 15) is 14.4 Å². The molecular weight excluding hydrogens is 432 g/mol. The van der Waals surface area contributed by atoms with Crippen molar-refractivity contribution in [3.8, 4) is 11.1 Å². The highest BCUT2D eigenvalue weighted by Gasteiger charge is 2.32. The fraction of sp³-hybridized carbons (Fsp3) is 0.444. The minimum Gasteiger partial charge on any atom is -0.481 e. The molecule has 0 radical (unpaired) electrons. The first-order valence-corrected chi connectivity index (χ1v) is 11.8. The quantitative estimate of drug-likeness (QED) is 0.445. The van der Waals surface area contributed by atoms with Gasteiger partial charge in [-0.25, -0.2) is 4.79 Å². The van der Waals surface area contributed by atoms with Crippen molar-refractivity contribution in [3.63, 3.8) is 0 Å². The monoisotopic (exact) mass is 466 g/mol. The highest BCUT2D eigenvalue weighted by atomic mass is 16.5. The van der Waals surface area contributed by atoms with Gasteiger partial charge in [-0.05, 0) is 42.5 Å². The molecule has 2 amide bonds. The van der Waals surface area contributed by atoms with Gasteiger partial charge in [0.1, 0.15) is 6.61 Å². The van der Waals surface area contributed by atoms with E-state index in [1.165, 1.54) is 0 Å². The number of carbonyl (C=O) groups is 3. The SMILES string of the molecule is CCCCC(CC(=O)O)NC(=O)C(C)(C)CNC(=O)OCC1c2ccccc2-c2ccccc21. The van der Waals surface area contributed by atoms with E-state index in [0.29, 0.717) is 6.42 Å². The molecule has 0 spiro atoms. The van der Waals surface area contributed by atoms with Crippen molar-refractivity contribution in [1.82, 2.24) is 10.6 Å². The molecule has 3 rings (SSSR count). The van der Waals surface area contributed by atoms with Gasteiger partial charge in [0.05, 0.1) is 11.8 Å². The lowest BCUT2D eigenvalue weighted by atomic mass is 9.91. The lowest BCUT2D eigenvalue weighted by molar-refractivity contribution is -0.138. The van der Waals surface area contributed by atoms with Crippen LogP contribution in [-0.4, -0.2) is 42.3 Å². The number of benzene rings is 2. The van der Waals surface area contributed by atoms with Crippen LogP contribution < -0.4 is 10.6 Å². The van der Waals surface area contributed by atoms with Crippen molar-refractivity contribution in [3.05, 3.63) is 59.7 Å². The standard InChI is InChI=1S/C27H34N2O5/c1-4-5-10-18(15-24(30)31)29-25(32)27(2,3)17-28-26(33)34-16-23-21-13-8-6-11-19(21)20-12-7-9-14-22(20)23/h6-9,11-14,18,23H,4-5,10,15-17H2,1-3H3,(H,28,33)(H,29,32)(H,30,31). The normalized spacial score (nSPS) is 13.5. The summed E-state index contributed by atoms with van der Waals surface area (Å²) in [4.78, 5) is 36.4. The molecule has 0 aromatic heterocycles. The van der Waals surface area contributed by atoms with Crippen molar-refractivity contribution in [2.24, 2.45) is 5.41 Å². The largest absolute Gasteiger partial charge is 0.481 e. The zero-order valence-electron chi connectivity index (χ0n) is 20.1. The Morgan fingerprint density at radius 1 is 1.03 bits per heavy atom. The number of nitrogens with one attached hydrogen (secondary N) is 2. The molecule has 2 aromatic carbocycles. The van der Waals surface area contributed by atoms with Crippen LogP contribution in [0.3, 0.4) is 0 Å². The zero-order valence-corrected chi connectivity index (χ0v) is 20.1. The Bertz CT molecular complexity index is 988. The smallest absolute Gasteiger partial charge is 0.407 e. The minimum absolute atomic E-state index is 0.0372. The number of unbranched alkanes of at least 4 members (excludes halogenated alkanes) is 1. The number of ether oxygens (including phenoxy) is 1. The predicted molar refractivity (Wildman–Crippen MR) is 131 cm³/mol. The highest BCUT2D eigenvalue weighted by molar-refractivity contribution is 5.83. The van der Waals surface area contributed by atoms with E-state index in [1.54, 1.807) is 13.8 Å². The van der Waals surface area contributed by atoms with Crippen LogP contribution in [0, 0.1) is 5.41 Å². The molecule has 7 heteroatoms. The van der Waals surface area contributed by atoms with Gasteiger partial charge in [-0.1, -0.05) is 68.3 Å². The molecule has 1 aliphatic carbocycles. The number of carboxylic acid groups (broad SMARTS) is 1.